The fraction of sp³-hybridized carbons (Fsp3) is 0.375. The highest BCUT2D eigenvalue weighted by molar-refractivity contribution is 7.09. The van der Waals surface area contributed by atoms with E-state index in [0.29, 0.717) is 12.5 Å². The zero-order chi connectivity index (χ0) is 15.1. The smallest absolute Gasteiger partial charge is 0.193 e. The number of aryl methyl sites for hydroxylation is 2. The van der Waals surface area contributed by atoms with Crippen molar-refractivity contribution in [3.05, 3.63) is 45.9 Å². The summed E-state index contributed by atoms with van der Waals surface area (Å²) in [5, 5.41) is 6.41. The molecule has 2 rings (SSSR count). The summed E-state index contributed by atoms with van der Waals surface area (Å²) >= 11 is 1.71. The van der Waals surface area contributed by atoms with E-state index >= 15 is 0 Å². The molecule has 0 spiro atoms. The molecule has 0 aliphatic heterocycles. The molecule has 0 amide bonds. The Kier molecular flexibility index (Phi) is 5.75. The van der Waals surface area contributed by atoms with Gasteiger partial charge in [0.05, 0.1) is 10.7 Å². The average Bonchev–Trinajstić information content (AvgIpc) is 2.95. The second kappa shape index (κ2) is 7.78. The van der Waals surface area contributed by atoms with Crippen molar-refractivity contribution in [3.8, 4) is 0 Å². The Hall–Kier alpha value is -1.88. The van der Waals surface area contributed by atoms with Crippen molar-refractivity contribution in [1.82, 2.24) is 4.98 Å². The van der Waals surface area contributed by atoms with E-state index in [2.05, 4.69) is 46.7 Å². The predicted molar refractivity (Wildman–Crippen MR) is 91.1 cm³/mol. The molecule has 0 unspecified atom stereocenters. The van der Waals surface area contributed by atoms with Crippen LogP contribution in [0, 0.1) is 0 Å². The number of hydrogen-bond acceptors (Lipinski definition) is 3. The molecule has 1 heterocycles. The van der Waals surface area contributed by atoms with Crippen LogP contribution in [-0.4, -0.2) is 17.5 Å². The average molecular weight is 302 g/mol. The molecule has 4 nitrogen and oxygen atoms in total. The zero-order valence-corrected chi connectivity index (χ0v) is 13.4. The first-order valence-corrected chi connectivity index (χ1v) is 8.18. The molecule has 0 saturated heterocycles. The Morgan fingerprint density at radius 2 is 2.19 bits per heavy atom. The van der Waals surface area contributed by atoms with Crippen molar-refractivity contribution in [2.45, 2.75) is 33.1 Å². The molecule has 0 atom stereocenters. The Labute approximate surface area is 130 Å². The first kappa shape index (κ1) is 15.5. The zero-order valence-electron chi connectivity index (χ0n) is 12.6. The van der Waals surface area contributed by atoms with Crippen molar-refractivity contribution < 1.29 is 0 Å². The Bertz CT molecular complexity index is 604. The third-order valence-electron chi connectivity index (χ3n) is 3.16. The Morgan fingerprint density at radius 1 is 1.33 bits per heavy atom. The number of guanidine groups is 1. The summed E-state index contributed by atoms with van der Waals surface area (Å²) < 4.78 is 0. The number of nitrogens with one attached hydrogen (secondary N) is 1. The molecule has 21 heavy (non-hydrogen) atoms. The quantitative estimate of drug-likeness (QED) is 0.636. The molecular formula is C16H22N4S. The molecule has 0 aliphatic carbocycles. The van der Waals surface area contributed by atoms with Gasteiger partial charge in [-0.1, -0.05) is 26.0 Å². The largest absolute Gasteiger partial charge is 0.370 e. The lowest BCUT2D eigenvalue weighted by Gasteiger charge is -2.06. The van der Waals surface area contributed by atoms with Gasteiger partial charge in [0, 0.05) is 24.0 Å². The number of aliphatic imine (C=N–C) groups is 1. The lowest BCUT2D eigenvalue weighted by atomic mass is 10.1. The summed E-state index contributed by atoms with van der Waals surface area (Å²) in [6.07, 6.45) is 2.83. The third kappa shape index (κ3) is 4.86. The van der Waals surface area contributed by atoms with E-state index in [-0.39, 0.29) is 0 Å². The van der Waals surface area contributed by atoms with Crippen LogP contribution in [-0.2, 0) is 19.3 Å². The molecule has 0 aliphatic rings. The van der Waals surface area contributed by atoms with Gasteiger partial charge in [0.2, 0.25) is 0 Å². The van der Waals surface area contributed by atoms with Gasteiger partial charge in [-0.15, -0.1) is 11.3 Å². The summed E-state index contributed by atoms with van der Waals surface area (Å²) in [6.45, 7) is 4.90. The number of aromatic nitrogens is 1. The summed E-state index contributed by atoms with van der Waals surface area (Å²) in [6, 6.07) is 8.22. The summed E-state index contributed by atoms with van der Waals surface area (Å²) in [4.78, 5) is 8.87. The van der Waals surface area contributed by atoms with Crippen molar-refractivity contribution in [2.24, 2.45) is 10.7 Å². The lowest BCUT2D eigenvalue weighted by Crippen LogP contribution is -2.23. The highest BCUT2D eigenvalue weighted by Crippen LogP contribution is 2.12. The summed E-state index contributed by atoms with van der Waals surface area (Å²) in [5.74, 6) is 0.453. The molecular weight excluding hydrogens is 280 g/mol. The van der Waals surface area contributed by atoms with E-state index in [4.69, 9.17) is 5.73 Å². The Morgan fingerprint density at radius 3 is 2.90 bits per heavy atom. The van der Waals surface area contributed by atoms with Crippen LogP contribution >= 0.6 is 11.3 Å². The van der Waals surface area contributed by atoms with Gasteiger partial charge in [-0.2, -0.15) is 0 Å². The van der Waals surface area contributed by atoms with Crippen LogP contribution in [0.4, 0.5) is 5.69 Å². The maximum Gasteiger partial charge on any atom is 0.193 e. The molecule has 2 aromatic rings. The van der Waals surface area contributed by atoms with Crippen LogP contribution in [0.25, 0.3) is 0 Å². The number of nitrogens with two attached hydrogens (primary N) is 1. The number of nitrogens with zero attached hydrogens (tertiary/aromatic N) is 2. The number of rotatable bonds is 6. The van der Waals surface area contributed by atoms with Gasteiger partial charge < -0.3 is 11.1 Å². The number of anilines is 1. The fourth-order valence-corrected chi connectivity index (χ4v) is 2.75. The molecule has 5 heteroatoms. The van der Waals surface area contributed by atoms with Crippen molar-refractivity contribution >= 4 is 23.0 Å². The van der Waals surface area contributed by atoms with E-state index in [1.54, 1.807) is 11.3 Å². The summed E-state index contributed by atoms with van der Waals surface area (Å²) in [5.41, 5.74) is 9.28. The van der Waals surface area contributed by atoms with Crippen molar-refractivity contribution in [2.75, 3.05) is 11.9 Å². The van der Waals surface area contributed by atoms with Crippen LogP contribution in [0.5, 0.6) is 0 Å². The topological polar surface area (TPSA) is 63.3 Å². The molecule has 0 radical (unpaired) electrons. The predicted octanol–water partition coefficient (Wildman–Crippen LogP) is 3.24. The standard InChI is InChI=1S/C16H22N4S/c1-3-12-6-5-7-13(10-12)20-16(17)18-9-8-14-11-21-15(4-2)19-14/h5-7,10-11H,3-4,8-9H2,1-2H3,(H3,17,18,20). The SMILES string of the molecule is CCc1cccc(NC(N)=NCCc2csc(CC)n2)c1. The molecule has 0 fully saturated rings. The minimum atomic E-state index is 0.453. The van der Waals surface area contributed by atoms with Gasteiger partial charge in [-0.3, -0.25) is 4.99 Å². The molecule has 1 aromatic heterocycles. The van der Waals surface area contributed by atoms with E-state index < -0.39 is 0 Å². The van der Waals surface area contributed by atoms with E-state index in [1.165, 1.54) is 10.6 Å². The number of hydrogen-bond donors (Lipinski definition) is 2. The number of thiazole rings is 1. The lowest BCUT2D eigenvalue weighted by molar-refractivity contribution is 0.916. The van der Waals surface area contributed by atoms with E-state index in [1.807, 2.05) is 12.1 Å². The van der Waals surface area contributed by atoms with Crippen LogP contribution in [0.2, 0.25) is 0 Å². The molecule has 0 bridgehead atoms. The minimum Gasteiger partial charge on any atom is -0.370 e. The van der Waals surface area contributed by atoms with Gasteiger partial charge in [-0.25, -0.2) is 4.98 Å². The summed E-state index contributed by atoms with van der Waals surface area (Å²) in [7, 11) is 0. The molecule has 1 aromatic carbocycles. The monoisotopic (exact) mass is 302 g/mol. The van der Waals surface area contributed by atoms with Gasteiger partial charge in [-0.05, 0) is 30.5 Å². The second-order valence-corrected chi connectivity index (χ2v) is 5.72. The van der Waals surface area contributed by atoms with Crippen LogP contribution < -0.4 is 11.1 Å². The third-order valence-corrected chi connectivity index (χ3v) is 4.20. The second-order valence-electron chi connectivity index (χ2n) is 4.78. The normalized spacial score (nSPS) is 11.6. The van der Waals surface area contributed by atoms with Gasteiger partial charge in [0.1, 0.15) is 0 Å². The van der Waals surface area contributed by atoms with E-state index in [0.717, 1.165) is 30.6 Å². The van der Waals surface area contributed by atoms with Gasteiger partial charge in [0.25, 0.3) is 0 Å². The van der Waals surface area contributed by atoms with Crippen molar-refractivity contribution in [3.63, 3.8) is 0 Å². The first-order chi connectivity index (χ1) is 10.2. The highest BCUT2D eigenvalue weighted by atomic mass is 32.1. The fourth-order valence-electron chi connectivity index (χ4n) is 1.97. The minimum absolute atomic E-state index is 0.453. The van der Waals surface area contributed by atoms with Crippen LogP contribution in [0.15, 0.2) is 34.6 Å². The number of benzene rings is 1. The van der Waals surface area contributed by atoms with E-state index in [9.17, 15) is 0 Å². The highest BCUT2D eigenvalue weighted by Gasteiger charge is 2.00. The maximum absolute atomic E-state index is 5.91. The molecule has 112 valence electrons. The van der Waals surface area contributed by atoms with Gasteiger partial charge >= 0.3 is 0 Å². The van der Waals surface area contributed by atoms with Gasteiger partial charge in [0.15, 0.2) is 5.96 Å². The molecule has 0 saturated carbocycles. The molecule has 3 N–H and O–H groups in total. The van der Waals surface area contributed by atoms with Crippen molar-refractivity contribution in [1.29, 1.82) is 0 Å². The van der Waals surface area contributed by atoms with Crippen LogP contribution in [0.1, 0.15) is 30.1 Å². The van der Waals surface area contributed by atoms with Crippen LogP contribution in [0.3, 0.4) is 0 Å². The first-order valence-electron chi connectivity index (χ1n) is 7.30. The Balaban J connectivity index is 1.85. The maximum atomic E-state index is 5.91.